The van der Waals surface area contributed by atoms with Gasteiger partial charge in [0.2, 0.25) is 0 Å². The average Bonchev–Trinajstić information content (AvgIpc) is 1.84. The fraction of sp³-hybridized carbons (Fsp3) is 0.333. The topological polar surface area (TPSA) is 61.1 Å². The molecule has 3 nitrogen and oxygen atoms in total. The fourth-order valence-corrected chi connectivity index (χ4v) is 0.244. The molecule has 0 fully saturated rings. The lowest BCUT2D eigenvalue weighted by Gasteiger charge is -1.90. The predicted molar refractivity (Wildman–Crippen MR) is 31.6 cm³/mol. The fourth-order valence-electron chi connectivity index (χ4n) is 0.244. The quantitative estimate of drug-likeness (QED) is 0.419. The van der Waals surface area contributed by atoms with Gasteiger partial charge in [0, 0.05) is 11.1 Å². The van der Waals surface area contributed by atoms with Crippen molar-refractivity contribution in [3.63, 3.8) is 0 Å². The summed E-state index contributed by atoms with van der Waals surface area (Å²) in [5.41, 5.74) is 0.361. The highest BCUT2D eigenvalue weighted by Gasteiger charge is 2.02. The molecule has 0 aliphatic heterocycles. The number of allylic oxidation sites excluding steroid dienone is 1. The molecule has 0 rings (SSSR count). The molecule has 0 bridgehead atoms. The highest BCUT2D eigenvalue weighted by molar-refractivity contribution is 5.87. The molecule has 0 aromatic carbocycles. The van der Waals surface area contributed by atoms with Gasteiger partial charge in [-0.05, 0) is 13.8 Å². The Morgan fingerprint density at radius 1 is 1.56 bits per heavy atom. The maximum atomic E-state index is 10.1. The van der Waals surface area contributed by atoms with E-state index in [1.165, 1.54) is 13.8 Å². The SMILES string of the molecule is C/C(C#N)=C(\C)C(=O)O. The van der Waals surface area contributed by atoms with Crippen LogP contribution < -0.4 is 0 Å². The largest absolute Gasteiger partial charge is 0.478 e. The molecule has 9 heavy (non-hydrogen) atoms. The van der Waals surface area contributed by atoms with Crippen LogP contribution in [0.1, 0.15) is 13.8 Å². The summed E-state index contributed by atoms with van der Waals surface area (Å²) in [5.74, 6) is -1.03. The summed E-state index contributed by atoms with van der Waals surface area (Å²) in [6.45, 7) is 2.88. The number of carboxylic acids is 1. The van der Waals surface area contributed by atoms with Crippen molar-refractivity contribution in [2.45, 2.75) is 13.8 Å². The first kappa shape index (κ1) is 7.70. The summed E-state index contributed by atoms with van der Waals surface area (Å²) >= 11 is 0. The van der Waals surface area contributed by atoms with Crippen LogP contribution in [-0.4, -0.2) is 11.1 Å². The summed E-state index contributed by atoms with van der Waals surface area (Å²) in [6.07, 6.45) is 0. The van der Waals surface area contributed by atoms with E-state index in [1.54, 1.807) is 6.07 Å². The zero-order valence-corrected chi connectivity index (χ0v) is 5.30. The Morgan fingerprint density at radius 2 is 2.00 bits per heavy atom. The lowest BCUT2D eigenvalue weighted by molar-refractivity contribution is -0.132. The van der Waals surface area contributed by atoms with Gasteiger partial charge in [-0.2, -0.15) is 5.26 Å². The Balaban J connectivity index is 4.54. The average molecular weight is 125 g/mol. The molecule has 3 heteroatoms. The second-order valence-corrected chi connectivity index (χ2v) is 1.67. The summed E-state index contributed by atoms with van der Waals surface area (Å²) in [6, 6.07) is 1.74. The van der Waals surface area contributed by atoms with Crippen molar-refractivity contribution >= 4 is 5.97 Å². The molecule has 0 aliphatic carbocycles. The molecule has 0 spiro atoms. The van der Waals surface area contributed by atoms with Gasteiger partial charge in [-0.25, -0.2) is 4.79 Å². The predicted octanol–water partition coefficient (Wildman–Crippen LogP) is 0.931. The monoisotopic (exact) mass is 125 g/mol. The summed E-state index contributed by atoms with van der Waals surface area (Å²) in [7, 11) is 0. The molecule has 0 saturated heterocycles. The lowest BCUT2D eigenvalue weighted by Crippen LogP contribution is -1.97. The van der Waals surface area contributed by atoms with Crippen LogP contribution >= 0.6 is 0 Å². The Morgan fingerprint density at radius 3 is 2.11 bits per heavy atom. The van der Waals surface area contributed by atoms with E-state index in [0.717, 1.165) is 0 Å². The summed E-state index contributed by atoms with van der Waals surface area (Å²) < 4.78 is 0. The van der Waals surface area contributed by atoms with Gasteiger partial charge < -0.3 is 5.11 Å². The number of hydrogen-bond acceptors (Lipinski definition) is 2. The maximum Gasteiger partial charge on any atom is 0.332 e. The van der Waals surface area contributed by atoms with E-state index in [9.17, 15) is 4.79 Å². The minimum atomic E-state index is -1.03. The molecule has 0 unspecified atom stereocenters. The molecule has 0 saturated carbocycles. The van der Waals surface area contributed by atoms with Gasteiger partial charge in [0.15, 0.2) is 0 Å². The molecule has 1 N–H and O–H groups in total. The van der Waals surface area contributed by atoms with Gasteiger partial charge in [-0.1, -0.05) is 0 Å². The third kappa shape index (κ3) is 1.96. The number of carbonyl (C=O) groups is 1. The minimum Gasteiger partial charge on any atom is -0.478 e. The standard InChI is InChI=1S/C6H7NO2/c1-4(3-7)5(2)6(8)9/h1-2H3,(H,8,9)/b5-4-. The smallest absolute Gasteiger partial charge is 0.332 e. The first-order valence-corrected chi connectivity index (χ1v) is 2.40. The summed E-state index contributed by atoms with van der Waals surface area (Å²) in [4.78, 5) is 10.1. The highest BCUT2D eigenvalue weighted by Crippen LogP contribution is 2.00. The third-order valence-corrected chi connectivity index (χ3v) is 1.05. The van der Waals surface area contributed by atoms with E-state index in [1.807, 2.05) is 0 Å². The molecular weight excluding hydrogens is 118 g/mol. The van der Waals surface area contributed by atoms with Crippen molar-refractivity contribution in [3.05, 3.63) is 11.1 Å². The maximum absolute atomic E-state index is 10.1. The Labute approximate surface area is 53.2 Å². The Bertz CT molecular complexity index is 198. The van der Waals surface area contributed by atoms with Crippen LogP contribution in [0.15, 0.2) is 11.1 Å². The Kier molecular flexibility index (Phi) is 2.46. The first-order chi connectivity index (χ1) is 4.09. The van der Waals surface area contributed by atoms with Crippen LogP contribution in [0.2, 0.25) is 0 Å². The van der Waals surface area contributed by atoms with Gasteiger partial charge in [-0.3, -0.25) is 0 Å². The second-order valence-electron chi connectivity index (χ2n) is 1.67. The second kappa shape index (κ2) is 2.88. The van der Waals surface area contributed by atoms with Crippen molar-refractivity contribution in [3.8, 4) is 6.07 Å². The molecule has 0 aliphatic rings. The number of hydrogen-bond donors (Lipinski definition) is 1. The molecule has 48 valence electrons. The van der Waals surface area contributed by atoms with Crippen molar-refractivity contribution < 1.29 is 9.90 Å². The van der Waals surface area contributed by atoms with E-state index in [4.69, 9.17) is 10.4 Å². The van der Waals surface area contributed by atoms with Crippen LogP contribution in [0.25, 0.3) is 0 Å². The van der Waals surface area contributed by atoms with E-state index in [0.29, 0.717) is 0 Å². The molecule has 0 aromatic rings. The third-order valence-electron chi connectivity index (χ3n) is 1.05. The van der Waals surface area contributed by atoms with Gasteiger partial charge in [0.05, 0.1) is 6.07 Å². The number of aliphatic carboxylic acids is 1. The van der Waals surface area contributed by atoms with Crippen molar-refractivity contribution in [2.75, 3.05) is 0 Å². The van der Waals surface area contributed by atoms with Crippen LogP contribution in [0.4, 0.5) is 0 Å². The lowest BCUT2D eigenvalue weighted by atomic mass is 10.2. The van der Waals surface area contributed by atoms with Crippen molar-refractivity contribution in [1.29, 1.82) is 5.26 Å². The molecular formula is C6H7NO2. The van der Waals surface area contributed by atoms with Gasteiger partial charge in [-0.15, -0.1) is 0 Å². The van der Waals surface area contributed by atoms with Crippen molar-refractivity contribution in [1.82, 2.24) is 0 Å². The zero-order chi connectivity index (χ0) is 7.44. The van der Waals surface area contributed by atoms with E-state index in [2.05, 4.69) is 0 Å². The molecule has 0 atom stereocenters. The molecule has 0 aromatic heterocycles. The van der Waals surface area contributed by atoms with Crippen LogP contribution in [0.5, 0.6) is 0 Å². The first-order valence-electron chi connectivity index (χ1n) is 2.40. The van der Waals surface area contributed by atoms with Gasteiger partial charge in [0.1, 0.15) is 0 Å². The summed E-state index contributed by atoms with van der Waals surface area (Å²) in [5, 5.41) is 16.5. The normalized spacial score (nSPS) is 11.7. The number of carboxylic acid groups (broad SMARTS) is 1. The number of nitrogens with zero attached hydrogens (tertiary/aromatic N) is 1. The molecule has 0 heterocycles. The van der Waals surface area contributed by atoms with Crippen LogP contribution in [0.3, 0.4) is 0 Å². The zero-order valence-electron chi connectivity index (χ0n) is 5.30. The Hall–Kier alpha value is -1.30. The number of rotatable bonds is 1. The van der Waals surface area contributed by atoms with Gasteiger partial charge in [0.25, 0.3) is 0 Å². The van der Waals surface area contributed by atoms with Crippen LogP contribution in [0, 0.1) is 11.3 Å². The van der Waals surface area contributed by atoms with E-state index in [-0.39, 0.29) is 11.1 Å². The number of nitriles is 1. The van der Waals surface area contributed by atoms with Crippen LogP contribution in [-0.2, 0) is 4.79 Å². The van der Waals surface area contributed by atoms with Crippen molar-refractivity contribution in [2.24, 2.45) is 0 Å². The molecule has 0 amide bonds. The van der Waals surface area contributed by atoms with E-state index >= 15 is 0 Å². The van der Waals surface area contributed by atoms with Gasteiger partial charge >= 0.3 is 5.97 Å². The minimum absolute atomic E-state index is 0.109. The van der Waals surface area contributed by atoms with E-state index < -0.39 is 5.97 Å². The highest BCUT2D eigenvalue weighted by atomic mass is 16.4. The molecule has 0 radical (unpaired) electrons.